The molecule has 1 amide bonds. The molecule has 4 heterocycles. The van der Waals surface area contributed by atoms with Crippen LogP contribution in [0.25, 0.3) is 0 Å². The molecule has 43 heavy (non-hydrogen) atoms. The van der Waals surface area contributed by atoms with Crippen LogP contribution in [0, 0.1) is 11.3 Å². The van der Waals surface area contributed by atoms with E-state index in [4.69, 9.17) is 19.2 Å². The van der Waals surface area contributed by atoms with Crippen molar-refractivity contribution in [3.05, 3.63) is 59.3 Å². The first-order valence-corrected chi connectivity index (χ1v) is 14.9. The normalized spacial score (nSPS) is 23.8. The van der Waals surface area contributed by atoms with Crippen LogP contribution in [-0.2, 0) is 27.3 Å². The Hall–Kier alpha value is -3.85. The van der Waals surface area contributed by atoms with E-state index >= 15 is 0 Å². The predicted molar refractivity (Wildman–Crippen MR) is 160 cm³/mol. The first-order valence-electron chi connectivity index (χ1n) is 14.9. The van der Waals surface area contributed by atoms with Gasteiger partial charge in [-0.3, -0.25) is 9.59 Å². The number of carbonyl (C=O) groups is 2. The number of nitrogens with zero attached hydrogens (tertiary/aromatic N) is 6. The highest BCUT2D eigenvalue weighted by Crippen LogP contribution is 2.35. The van der Waals surface area contributed by atoms with Crippen molar-refractivity contribution >= 4 is 18.0 Å². The number of rotatable bonds is 11. The lowest BCUT2D eigenvalue weighted by Crippen LogP contribution is -2.55. The van der Waals surface area contributed by atoms with Crippen LogP contribution in [0.5, 0.6) is 6.01 Å². The molecule has 0 bridgehead atoms. The Kier molecular flexibility index (Phi) is 10.0. The van der Waals surface area contributed by atoms with E-state index in [1.54, 1.807) is 12.0 Å². The number of piperazine rings is 1. The number of aromatic nitrogens is 2. The van der Waals surface area contributed by atoms with Gasteiger partial charge in [-0.25, -0.2) is 0 Å². The van der Waals surface area contributed by atoms with Crippen molar-refractivity contribution in [2.45, 2.75) is 63.0 Å². The molecule has 228 valence electrons. The molecule has 11 nitrogen and oxygen atoms in total. The zero-order valence-corrected chi connectivity index (χ0v) is 25.0. The fourth-order valence-corrected chi connectivity index (χ4v) is 6.46. The largest absolute Gasteiger partial charge is 0.462 e. The van der Waals surface area contributed by atoms with Crippen LogP contribution < -0.4 is 9.64 Å². The van der Waals surface area contributed by atoms with E-state index in [1.807, 2.05) is 23.1 Å². The smallest absolute Gasteiger partial charge is 0.319 e. The van der Waals surface area contributed by atoms with Crippen LogP contribution in [0.2, 0.25) is 0 Å². The Morgan fingerprint density at radius 1 is 1.23 bits per heavy atom. The highest BCUT2D eigenvalue weighted by atomic mass is 16.5. The van der Waals surface area contributed by atoms with Gasteiger partial charge in [0.1, 0.15) is 24.2 Å². The number of fused-ring (bicyclic) bond motifs is 1. The number of likely N-dealkylation sites (tertiary alicyclic amines) is 1. The Labute approximate surface area is 253 Å². The number of aldehydes is 1. The molecular weight excluding hydrogens is 548 g/mol. The summed E-state index contributed by atoms with van der Waals surface area (Å²) in [6.45, 7) is 6.81. The van der Waals surface area contributed by atoms with Gasteiger partial charge in [0.15, 0.2) is 6.29 Å². The summed E-state index contributed by atoms with van der Waals surface area (Å²) in [5.74, 6) is 0.382. The highest BCUT2D eigenvalue weighted by molar-refractivity contribution is 5.87. The van der Waals surface area contributed by atoms with E-state index in [-0.39, 0.29) is 48.3 Å². The number of hydrogen-bond acceptors (Lipinski definition) is 10. The van der Waals surface area contributed by atoms with Crippen molar-refractivity contribution in [3.8, 4) is 12.1 Å². The van der Waals surface area contributed by atoms with Gasteiger partial charge in [0.05, 0.1) is 31.2 Å². The first kappa shape index (κ1) is 30.6. The molecule has 2 aromatic rings. The molecule has 3 unspecified atom stereocenters. The second kappa shape index (κ2) is 14.1. The summed E-state index contributed by atoms with van der Waals surface area (Å²) in [5.41, 5.74) is 3.17. The molecule has 3 aliphatic rings. The Morgan fingerprint density at radius 3 is 2.79 bits per heavy atom. The average molecular weight is 589 g/mol. The fraction of sp³-hybridized carbons (Fsp3) is 0.531. The third-order valence-electron chi connectivity index (χ3n) is 8.84. The van der Waals surface area contributed by atoms with E-state index in [1.165, 1.54) is 6.08 Å². The second-order valence-electron chi connectivity index (χ2n) is 11.3. The number of anilines is 1. The van der Waals surface area contributed by atoms with Crippen LogP contribution in [-0.4, -0.2) is 97.1 Å². The van der Waals surface area contributed by atoms with Crippen molar-refractivity contribution in [2.75, 3.05) is 51.8 Å². The summed E-state index contributed by atoms with van der Waals surface area (Å²) in [6, 6.07) is 10.4. The number of hydrogen-bond donors (Lipinski definition) is 0. The lowest BCUT2D eigenvalue weighted by molar-refractivity contribution is -0.128. The number of ether oxygens (including phenoxy) is 3. The molecule has 1 aromatic heterocycles. The SMILES string of the molecule is C=CC(=O)N1CCN(c2nc(OCC3CCCN3C)nc(C=O)c2CC[C@@H]2OCc3ccccc3C2OC)CC1CC#N. The van der Waals surface area contributed by atoms with Gasteiger partial charge in [0.25, 0.3) is 0 Å². The first-order chi connectivity index (χ1) is 21.0. The lowest BCUT2D eigenvalue weighted by atomic mass is 9.92. The molecule has 3 aliphatic heterocycles. The summed E-state index contributed by atoms with van der Waals surface area (Å²) < 4.78 is 18.2. The van der Waals surface area contributed by atoms with Gasteiger partial charge in [-0.2, -0.15) is 15.2 Å². The van der Waals surface area contributed by atoms with Gasteiger partial charge in [-0.1, -0.05) is 30.8 Å². The average Bonchev–Trinajstić information content (AvgIpc) is 3.46. The van der Waals surface area contributed by atoms with E-state index in [9.17, 15) is 14.9 Å². The molecule has 5 rings (SSSR count). The molecule has 2 fully saturated rings. The van der Waals surface area contributed by atoms with Gasteiger partial charge in [0.2, 0.25) is 5.91 Å². The number of benzene rings is 1. The molecule has 2 saturated heterocycles. The second-order valence-corrected chi connectivity index (χ2v) is 11.3. The van der Waals surface area contributed by atoms with Crippen molar-refractivity contribution in [2.24, 2.45) is 0 Å². The zero-order chi connectivity index (χ0) is 30.3. The third-order valence-corrected chi connectivity index (χ3v) is 8.84. The van der Waals surface area contributed by atoms with Gasteiger partial charge in [-0.15, -0.1) is 0 Å². The highest BCUT2D eigenvalue weighted by Gasteiger charge is 2.34. The van der Waals surface area contributed by atoms with Gasteiger partial charge in [-0.05, 0) is 56.5 Å². The molecule has 0 N–H and O–H groups in total. The van der Waals surface area contributed by atoms with E-state index < -0.39 is 0 Å². The van der Waals surface area contributed by atoms with E-state index in [2.05, 4.69) is 35.6 Å². The Morgan fingerprint density at radius 2 is 2.07 bits per heavy atom. The third kappa shape index (κ3) is 6.72. The molecule has 0 aliphatic carbocycles. The van der Waals surface area contributed by atoms with Crippen LogP contribution in [0.4, 0.5) is 5.82 Å². The Bertz CT molecular complexity index is 1360. The minimum atomic E-state index is -0.348. The van der Waals surface area contributed by atoms with Crippen LogP contribution >= 0.6 is 0 Å². The summed E-state index contributed by atoms with van der Waals surface area (Å²) >= 11 is 0. The van der Waals surface area contributed by atoms with Crippen molar-refractivity contribution in [3.63, 3.8) is 0 Å². The van der Waals surface area contributed by atoms with Gasteiger partial charge < -0.3 is 28.9 Å². The minimum absolute atomic E-state index is 0.153. The molecular formula is C32H40N6O5. The number of nitriles is 1. The summed E-state index contributed by atoms with van der Waals surface area (Å²) in [5, 5.41) is 9.52. The maximum atomic E-state index is 12.5. The molecule has 11 heteroatoms. The standard InChI is InChI=1S/C32H40N6O5/c1-4-29(40)38-17-16-37(18-23(38)13-14-33)31-26(11-12-28-30(41-3)25-10-6-5-8-22(25)20-42-28)27(19-39)34-32(35-31)43-21-24-9-7-15-36(24)2/h4-6,8,10,19,23-24,28,30H,1,7,9,11-13,15-18,20-21H2,2-3H3/t23?,24?,28-,30?/m0/s1. The molecule has 1 aromatic carbocycles. The van der Waals surface area contributed by atoms with Crippen molar-refractivity contribution in [1.82, 2.24) is 19.8 Å². The molecule has 4 atom stereocenters. The quantitative estimate of drug-likeness (QED) is 0.286. The van der Waals surface area contributed by atoms with Gasteiger partial charge >= 0.3 is 6.01 Å². The monoisotopic (exact) mass is 588 g/mol. The predicted octanol–water partition coefficient (Wildman–Crippen LogP) is 3.10. The molecule has 0 spiro atoms. The van der Waals surface area contributed by atoms with Crippen LogP contribution in [0.3, 0.4) is 0 Å². The van der Waals surface area contributed by atoms with Crippen molar-refractivity contribution in [1.29, 1.82) is 5.26 Å². The fourth-order valence-electron chi connectivity index (χ4n) is 6.46. The summed E-state index contributed by atoms with van der Waals surface area (Å²) in [6.07, 6.45) is 4.92. The zero-order valence-electron chi connectivity index (χ0n) is 25.0. The number of likely N-dealkylation sites (N-methyl/N-ethyl adjacent to an activating group) is 1. The number of carbonyl (C=O) groups excluding carboxylic acids is 2. The molecule has 0 saturated carbocycles. The van der Waals surface area contributed by atoms with E-state index in [0.29, 0.717) is 57.1 Å². The summed E-state index contributed by atoms with van der Waals surface area (Å²) in [4.78, 5) is 40.4. The van der Waals surface area contributed by atoms with Crippen molar-refractivity contribution < 1.29 is 23.8 Å². The van der Waals surface area contributed by atoms with E-state index in [0.717, 1.165) is 36.8 Å². The molecule has 0 radical (unpaired) electrons. The number of amides is 1. The topological polar surface area (TPSA) is 121 Å². The van der Waals surface area contributed by atoms with Crippen LogP contribution in [0.1, 0.15) is 59.0 Å². The van der Waals surface area contributed by atoms with Gasteiger partial charge in [0, 0.05) is 38.3 Å². The van der Waals surface area contributed by atoms with Crippen LogP contribution in [0.15, 0.2) is 36.9 Å². The Balaban J connectivity index is 1.44. The maximum absolute atomic E-state index is 12.5. The summed E-state index contributed by atoms with van der Waals surface area (Å²) in [7, 11) is 3.76. The minimum Gasteiger partial charge on any atom is -0.462 e. The number of methoxy groups -OCH3 is 1. The maximum Gasteiger partial charge on any atom is 0.319 e. The lowest BCUT2D eigenvalue weighted by Gasteiger charge is -2.41.